The molecule has 136 valence electrons. The van der Waals surface area contributed by atoms with Crippen molar-refractivity contribution in [3.05, 3.63) is 58.5 Å². The van der Waals surface area contributed by atoms with Crippen LogP contribution in [0.25, 0.3) is 0 Å². The summed E-state index contributed by atoms with van der Waals surface area (Å²) in [7, 11) is 0. The smallest absolute Gasteiger partial charge is 0.449 e. The molecule has 6 nitrogen and oxygen atoms in total. The van der Waals surface area contributed by atoms with Crippen LogP contribution in [0.15, 0.2) is 34.7 Å². The topological polar surface area (TPSA) is 79.6 Å². The summed E-state index contributed by atoms with van der Waals surface area (Å²) in [6.07, 6.45) is -4.68. The molecule has 1 aliphatic rings. The fourth-order valence-electron chi connectivity index (χ4n) is 2.71. The maximum Gasteiger partial charge on any atom is 0.449 e. The lowest BCUT2D eigenvalue weighted by molar-refractivity contribution is -0.154. The minimum atomic E-state index is -4.68. The van der Waals surface area contributed by atoms with Gasteiger partial charge in [0.1, 0.15) is 12.3 Å². The number of benzene rings is 1. The van der Waals surface area contributed by atoms with Crippen LogP contribution in [0.5, 0.6) is 0 Å². The Balaban J connectivity index is 1.66. The van der Waals surface area contributed by atoms with Crippen molar-refractivity contribution in [1.29, 1.82) is 0 Å². The molecule has 3 amide bonds. The molecule has 0 atom stereocenters. The van der Waals surface area contributed by atoms with E-state index in [1.165, 1.54) is 25.1 Å². The summed E-state index contributed by atoms with van der Waals surface area (Å²) >= 11 is 0. The Hall–Kier alpha value is -3.10. The molecule has 2 heterocycles. The summed E-state index contributed by atoms with van der Waals surface area (Å²) in [6, 6.07) is 7.29. The van der Waals surface area contributed by atoms with Gasteiger partial charge in [0, 0.05) is 12.1 Å². The number of hydrogen-bond acceptors (Lipinski definition) is 4. The number of imide groups is 1. The van der Waals surface area contributed by atoms with E-state index < -0.39 is 42.7 Å². The van der Waals surface area contributed by atoms with Crippen molar-refractivity contribution in [2.45, 2.75) is 19.6 Å². The molecule has 0 saturated carbocycles. The molecule has 0 aliphatic carbocycles. The first-order chi connectivity index (χ1) is 12.2. The Morgan fingerprint density at radius 2 is 1.73 bits per heavy atom. The standard InChI is InChI=1S/C17H13F3N2O4/c1-9-6-10(14(26-9)17(18,19)20)7-21-13(23)8-22-15(24)11-4-2-3-5-12(11)16(22)25/h2-6H,7-8H2,1H3,(H,21,23). The van der Waals surface area contributed by atoms with Crippen molar-refractivity contribution >= 4 is 17.7 Å². The second-order valence-corrected chi connectivity index (χ2v) is 5.73. The summed E-state index contributed by atoms with van der Waals surface area (Å²) in [6.45, 7) is 0.345. The highest BCUT2D eigenvalue weighted by atomic mass is 19.4. The van der Waals surface area contributed by atoms with E-state index in [-0.39, 0.29) is 22.5 Å². The van der Waals surface area contributed by atoms with Gasteiger partial charge in [0.25, 0.3) is 11.8 Å². The molecule has 0 fully saturated rings. The maximum absolute atomic E-state index is 12.9. The number of hydrogen-bond donors (Lipinski definition) is 1. The highest BCUT2D eigenvalue weighted by molar-refractivity contribution is 6.22. The van der Waals surface area contributed by atoms with Crippen LogP contribution in [0.1, 0.15) is 37.8 Å². The molecule has 1 aliphatic heterocycles. The molecule has 1 N–H and O–H groups in total. The maximum atomic E-state index is 12.9. The second-order valence-electron chi connectivity index (χ2n) is 5.73. The van der Waals surface area contributed by atoms with E-state index in [0.717, 1.165) is 4.90 Å². The van der Waals surface area contributed by atoms with Gasteiger partial charge in [0.2, 0.25) is 11.7 Å². The Labute approximate surface area is 145 Å². The monoisotopic (exact) mass is 366 g/mol. The number of fused-ring (bicyclic) bond motifs is 1. The van der Waals surface area contributed by atoms with Gasteiger partial charge in [-0.15, -0.1) is 0 Å². The third kappa shape index (κ3) is 3.19. The molecule has 1 aromatic carbocycles. The van der Waals surface area contributed by atoms with E-state index in [9.17, 15) is 27.6 Å². The number of aryl methyl sites for hydroxylation is 1. The fraction of sp³-hybridized carbons (Fsp3) is 0.235. The summed E-state index contributed by atoms with van der Waals surface area (Å²) in [4.78, 5) is 37.1. The predicted molar refractivity (Wildman–Crippen MR) is 82.1 cm³/mol. The zero-order valence-electron chi connectivity index (χ0n) is 13.5. The van der Waals surface area contributed by atoms with Crippen LogP contribution in [-0.4, -0.2) is 29.2 Å². The molecular formula is C17H13F3N2O4. The highest BCUT2D eigenvalue weighted by Gasteiger charge is 2.38. The van der Waals surface area contributed by atoms with Gasteiger partial charge >= 0.3 is 6.18 Å². The minimum absolute atomic E-state index is 0.0573. The third-order valence-electron chi connectivity index (χ3n) is 3.85. The van der Waals surface area contributed by atoms with E-state index in [0.29, 0.717) is 0 Å². The lowest BCUT2D eigenvalue weighted by Crippen LogP contribution is -2.40. The Morgan fingerprint density at radius 1 is 1.15 bits per heavy atom. The van der Waals surface area contributed by atoms with Crippen LogP contribution in [0, 0.1) is 6.92 Å². The number of carbonyl (C=O) groups is 3. The van der Waals surface area contributed by atoms with Crippen molar-refractivity contribution in [2.24, 2.45) is 0 Å². The molecule has 2 aromatic rings. The van der Waals surface area contributed by atoms with Gasteiger partial charge in [0.15, 0.2) is 0 Å². The Kier molecular flexibility index (Phi) is 4.31. The highest BCUT2D eigenvalue weighted by Crippen LogP contribution is 2.34. The Morgan fingerprint density at radius 3 is 2.27 bits per heavy atom. The van der Waals surface area contributed by atoms with Gasteiger partial charge in [-0.2, -0.15) is 13.2 Å². The van der Waals surface area contributed by atoms with Gasteiger partial charge in [-0.1, -0.05) is 12.1 Å². The van der Waals surface area contributed by atoms with Gasteiger partial charge in [0.05, 0.1) is 11.1 Å². The van der Waals surface area contributed by atoms with E-state index in [1.807, 2.05) is 0 Å². The lowest BCUT2D eigenvalue weighted by atomic mass is 10.1. The number of furan rings is 1. The Bertz CT molecular complexity index is 867. The zero-order valence-corrected chi connectivity index (χ0v) is 13.5. The summed E-state index contributed by atoms with van der Waals surface area (Å²) < 4.78 is 43.2. The van der Waals surface area contributed by atoms with Crippen molar-refractivity contribution < 1.29 is 32.0 Å². The predicted octanol–water partition coefficient (Wildman–Crippen LogP) is 2.52. The minimum Gasteiger partial charge on any atom is -0.456 e. The average molecular weight is 366 g/mol. The lowest BCUT2D eigenvalue weighted by Gasteiger charge is -2.13. The number of carbonyl (C=O) groups excluding carboxylic acids is 3. The third-order valence-corrected chi connectivity index (χ3v) is 3.85. The molecule has 0 unspecified atom stereocenters. The van der Waals surface area contributed by atoms with Crippen LogP contribution >= 0.6 is 0 Å². The summed E-state index contributed by atoms with van der Waals surface area (Å²) in [5.74, 6) is -3.11. The molecule has 9 heteroatoms. The van der Waals surface area contributed by atoms with E-state index >= 15 is 0 Å². The first kappa shape index (κ1) is 17.7. The van der Waals surface area contributed by atoms with Crippen LogP contribution in [-0.2, 0) is 17.5 Å². The number of amides is 3. The summed E-state index contributed by atoms with van der Waals surface area (Å²) in [5.41, 5.74) is 0.149. The van der Waals surface area contributed by atoms with Crippen LogP contribution in [0.4, 0.5) is 13.2 Å². The van der Waals surface area contributed by atoms with Gasteiger partial charge in [-0.3, -0.25) is 19.3 Å². The van der Waals surface area contributed by atoms with Gasteiger partial charge in [-0.25, -0.2) is 0 Å². The van der Waals surface area contributed by atoms with Gasteiger partial charge in [-0.05, 0) is 25.1 Å². The number of halogens is 3. The van der Waals surface area contributed by atoms with Crippen molar-refractivity contribution in [3.63, 3.8) is 0 Å². The molecule has 1 aromatic heterocycles. The van der Waals surface area contributed by atoms with Crippen molar-refractivity contribution in [1.82, 2.24) is 10.2 Å². The average Bonchev–Trinajstić information content (AvgIpc) is 3.07. The van der Waals surface area contributed by atoms with Crippen molar-refractivity contribution in [2.75, 3.05) is 6.54 Å². The number of nitrogens with zero attached hydrogens (tertiary/aromatic N) is 1. The number of nitrogens with one attached hydrogen (secondary N) is 1. The zero-order chi connectivity index (χ0) is 19.1. The SMILES string of the molecule is Cc1cc(CNC(=O)CN2C(=O)c3ccccc3C2=O)c(C(F)(F)F)o1. The quantitative estimate of drug-likeness (QED) is 0.844. The first-order valence-corrected chi connectivity index (χ1v) is 7.57. The fourth-order valence-corrected chi connectivity index (χ4v) is 2.71. The molecular weight excluding hydrogens is 353 g/mol. The molecule has 26 heavy (non-hydrogen) atoms. The molecule has 0 bridgehead atoms. The van der Waals surface area contributed by atoms with Crippen LogP contribution in [0.2, 0.25) is 0 Å². The van der Waals surface area contributed by atoms with Crippen LogP contribution in [0.3, 0.4) is 0 Å². The first-order valence-electron chi connectivity index (χ1n) is 7.57. The number of rotatable bonds is 4. The molecule has 0 spiro atoms. The molecule has 0 radical (unpaired) electrons. The normalized spacial score (nSPS) is 13.9. The summed E-state index contributed by atoms with van der Waals surface area (Å²) in [5, 5.41) is 2.27. The van der Waals surface area contributed by atoms with Crippen LogP contribution < -0.4 is 5.32 Å². The molecule has 0 saturated heterocycles. The second kappa shape index (κ2) is 6.32. The number of alkyl halides is 3. The van der Waals surface area contributed by atoms with Crippen molar-refractivity contribution in [3.8, 4) is 0 Å². The molecule has 3 rings (SSSR count). The van der Waals surface area contributed by atoms with E-state index in [4.69, 9.17) is 0 Å². The van der Waals surface area contributed by atoms with E-state index in [1.54, 1.807) is 12.1 Å². The van der Waals surface area contributed by atoms with E-state index in [2.05, 4.69) is 9.73 Å². The largest absolute Gasteiger partial charge is 0.456 e. The van der Waals surface area contributed by atoms with Gasteiger partial charge < -0.3 is 9.73 Å².